The number of amides is 1. The molecule has 1 amide bonds. The van der Waals surface area contributed by atoms with Crippen LogP contribution >= 0.6 is 34.4 Å². The molecule has 1 aliphatic carbocycles. The number of hydrogen-bond donors (Lipinski definition) is 1. The summed E-state index contributed by atoms with van der Waals surface area (Å²) in [6, 6.07) is 0. The predicted octanol–water partition coefficient (Wildman–Crippen LogP) is 2.23. The summed E-state index contributed by atoms with van der Waals surface area (Å²) in [5.74, 6) is 1.20. The van der Waals surface area contributed by atoms with Crippen LogP contribution < -0.4 is 10.4 Å². The summed E-state index contributed by atoms with van der Waals surface area (Å²) in [5, 5.41) is 2.66. The SMILES string of the molecule is Cn1ccsc1=NC(=O)CSCc1nc2sc3c(c2c(=O)[nH]1)CCC3. The molecule has 3 aromatic heterocycles. The first-order valence-corrected chi connectivity index (χ1v) is 10.8. The molecule has 0 aliphatic heterocycles. The second-order valence-electron chi connectivity index (χ2n) is 5.84. The van der Waals surface area contributed by atoms with E-state index in [2.05, 4.69) is 15.0 Å². The van der Waals surface area contributed by atoms with Gasteiger partial charge in [-0.1, -0.05) is 0 Å². The number of thiophene rings is 1. The van der Waals surface area contributed by atoms with Gasteiger partial charge in [0.25, 0.3) is 11.5 Å². The maximum Gasteiger partial charge on any atom is 0.259 e. The van der Waals surface area contributed by atoms with E-state index >= 15 is 0 Å². The minimum absolute atomic E-state index is 0.0541. The molecule has 1 aliphatic rings. The van der Waals surface area contributed by atoms with E-state index in [4.69, 9.17) is 0 Å². The van der Waals surface area contributed by atoms with Crippen LogP contribution in [0.1, 0.15) is 22.7 Å². The lowest BCUT2D eigenvalue weighted by Gasteiger charge is -2.00. The lowest BCUT2D eigenvalue weighted by molar-refractivity contribution is -0.115. The van der Waals surface area contributed by atoms with Crippen molar-refractivity contribution in [2.45, 2.75) is 25.0 Å². The molecule has 1 N–H and O–H groups in total. The van der Waals surface area contributed by atoms with Gasteiger partial charge in [-0.05, 0) is 24.8 Å². The monoisotopic (exact) mass is 392 g/mol. The average molecular weight is 393 g/mol. The smallest absolute Gasteiger partial charge is 0.259 e. The minimum atomic E-state index is -0.179. The first-order chi connectivity index (χ1) is 12.1. The number of aryl methyl sites for hydroxylation is 3. The second-order valence-corrected chi connectivity index (χ2v) is 8.79. The molecule has 0 unspecified atom stereocenters. The highest BCUT2D eigenvalue weighted by Crippen LogP contribution is 2.34. The Morgan fingerprint density at radius 1 is 1.48 bits per heavy atom. The Bertz CT molecular complexity index is 1070. The van der Waals surface area contributed by atoms with Crippen LogP contribution in [-0.2, 0) is 30.4 Å². The van der Waals surface area contributed by atoms with E-state index in [0.29, 0.717) is 16.4 Å². The maximum atomic E-state index is 12.4. The Kier molecular flexibility index (Phi) is 4.61. The van der Waals surface area contributed by atoms with Crippen LogP contribution in [0.4, 0.5) is 0 Å². The van der Waals surface area contributed by atoms with Gasteiger partial charge >= 0.3 is 0 Å². The topological polar surface area (TPSA) is 80.1 Å². The number of carbonyl (C=O) groups is 1. The Morgan fingerprint density at radius 3 is 3.16 bits per heavy atom. The van der Waals surface area contributed by atoms with Crippen molar-refractivity contribution in [3.8, 4) is 0 Å². The first-order valence-electron chi connectivity index (χ1n) is 7.90. The largest absolute Gasteiger partial charge is 0.327 e. The lowest BCUT2D eigenvalue weighted by atomic mass is 10.2. The Balaban J connectivity index is 1.46. The zero-order valence-corrected chi connectivity index (χ0v) is 16.0. The summed E-state index contributed by atoms with van der Waals surface area (Å²) in [4.78, 5) is 38.7. The molecule has 0 radical (unpaired) electrons. The van der Waals surface area contributed by atoms with E-state index in [0.717, 1.165) is 29.5 Å². The van der Waals surface area contributed by atoms with Crippen molar-refractivity contribution in [1.82, 2.24) is 14.5 Å². The summed E-state index contributed by atoms with van der Waals surface area (Å²) in [7, 11) is 1.86. The fourth-order valence-electron chi connectivity index (χ4n) is 2.92. The van der Waals surface area contributed by atoms with Crippen LogP contribution in [0, 0.1) is 0 Å². The van der Waals surface area contributed by atoms with Crippen molar-refractivity contribution < 1.29 is 4.79 Å². The molecule has 0 atom stereocenters. The van der Waals surface area contributed by atoms with E-state index < -0.39 is 0 Å². The highest BCUT2D eigenvalue weighted by atomic mass is 32.2. The standard InChI is InChI=1S/C16H16N4O2S3/c1-20-5-6-24-16(20)19-12(21)8-23-7-11-17-14(22)13-9-3-2-4-10(9)25-15(13)18-11/h5-6H,2-4,7-8H2,1H3,(H,17,18,22). The number of thioether (sulfide) groups is 1. The van der Waals surface area contributed by atoms with E-state index in [-0.39, 0.29) is 17.2 Å². The van der Waals surface area contributed by atoms with Crippen LogP contribution in [0.5, 0.6) is 0 Å². The maximum absolute atomic E-state index is 12.4. The number of rotatable bonds is 4. The summed E-state index contributed by atoms with van der Waals surface area (Å²) in [6.45, 7) is 0. The molecule has 3 heterocycles. The van der Waals surface area contributed by atoms with Crippen LogP contribution in [-0.4, -0.2) is 26.2 Å². The molecule has 0 bridgehead atoms. The number of carbonyl (C=O) groups excluding carboxylic acids is 1. The van der Waals surface area contributed by atoms with Gasteiger partial charge in [-0.2, -0.15) is 4.99 Å². The molecule has 25 heavy (non-hydrogen) atoms. The number of thiazole rings is 1. The lowest BCUT2D eigenvalue weighted by Crippen LogP contribution is -2.14. The number of hydrogen-bond acceptors (Lipinski definition) is 6. The normalized spacial score (nSPS) is 14.4. The molecule has 0 saturated heterocycles. The van der Waals surface area contributed by atoms with Crippen molar-refractivity contribution in [3.63, 3.8) is 0 Å². The predicted molar refractivity (Wildman–Crippen MR) is 102 cm³/mol. The molecule has 0 saturated carbocycles. The Hall–Kier alpha value is -1.71. The number of aromatic nitrogens is 3. The fraction of sp³-hybridized carbons (Fsp3) is 0.375. The van der Waals surface area contributed by atoms with E-state index in [1.165, 1.54) is 33.5 Å². The van der Waals surface area contributed by atoms with Crippen LogP contribution in [0.3, 0.4) is 0 Å². The van der Waals surface area contributed by atoms with Gasteiger partial charge in [0.2, 0.25) is 0 Å². The van der Waals surface area contributed by atoms with Crippen molar-refractivity contribution in [3.05, 3.63) is 43.0 Å². The summed E-state index contributed by atoms with van der Waals surface area (Å²) in [5.41, 5.74) is 1.13. The third kappa shape index (κ3) is 3.36. The molecule has 0 aromatic carbocycles. The van der Waals surface area contributed by atoms with Gasteiger partial charge in [0.15, 0.2) is 4.80 Å². The number of fused-ring (bicyclic) bond motifs is 3. The summed E-state index contributed by atoms with van der Waals surface area (Å²) < 4.78 is 1.82. The van der Waals surface area contributed by atoms with Crippen LogP contribution in [0.15, 0.2) is 21.4 Å². The first kappa shape index (κ1) is 16.7. The zero-order valence-electron chi connectivity index (χ0n) is 13.6. The van der Waals surface area contributed by atoms with Crippen LogP contribution in [0.2, 0.25) is 0 Å². The minimum Gasteiger partial charge on any atom is -0.327 e. The molecule has 3 aromatic rings. The fourth-order valence-corrected chi connectivity index (χ4v) is 5.62. The molecule has 4 rings (SSSR count). The van der Waals surface area contributed by atoms with Crippen molar-refractivity contribution in [2.24, 2.45) is 12.0 Å². The average Bonchev–Trinajstić information content (AvgIpc) is 3.24. The van der Waals surface area contributed by atoms with Gasteiger partial charge in [0.05, 0.1) is 16.9 Å². The number of aromatic amines is 1. The number of nitrogens with zero attached hydrogens (tertiary/aromatic N) is 3. The molecule has 0 spiro atoms. The van der Waals surface area contributed by atoms with Gasteiger partial charge in [-0.3, -0.25) is 9.59 Å². The summed E-state index contributed by atoms with van der Waals surface area (Å²) in [6.07, 6.45) is 5.02. The van der Waals surface area contributed by atoms with Gasteiger partial charge < -0.3 is 9.55 Å². The molecule has 130 valence electrons. The highest BCUT2D eigenvalue weighted by Gasteiger charge is 2.21. The second kappa shape index (κ2) is 6.89. The molecular weight excluding hydrogens is 376 g/mol. The van der Waals surface area contributed by atoms with Gasteiger partial charge in [0, 0.05) is 23.5 Å². The molecular formula is C16H16N4O2S3. The Labute approximate surface area is 155 Å². The Morgan fingerprint density at radius 2 is 2.36 bits per heavy atom. The van der Waals surface area contributed by atoms with Gasteiger partial charge in [-0.15, -0.1) is 34.4 Å². The van der Waals surface area contributed by atoms with Gasteiger partial charge in [0.1, 0.15) is 10.7 Å². The van der Waals surface area contributed by atoms with Gasteiger partial charge in [-0.25, -0.2) is 4.98 Å². The zero-order chi connectivity index (χ0) is 17.4. The quantitative estimate of drug-likeness (QED) is 0.738. The highest BCUT2D eigenvalue weighted by molar-refractivity contribution is 7.99. The third-order valence-corrected chi connectivity index (χ3v) is 7.03. The molecule has 0 fully saturated rings. The van der Waals surface area contributed by atoms with Crippen molar-refractivity contribution in [2.75, 3.05) is 5.75 Å². The van der Waals surface area contributed by atoms with E-state index in [1.54, 1.807) is 11.3 Å². The number of H-pyrrole nitrogens is 1. The summed E-state index contributed by atoms with van der Waals surface area (Å²) >= 11 is 4.48. The third-order valence-electron chi connectivity index (χ3n) is 4.07. The molecule has 6 nitrogen and oxygen atoms in total. The van der Waals surface area contributed by atoms with E-state index in [9.17, 15) is 9.59 Å². The van der Waals surface area contributed by atoms with Crippen molar-refractivity contribution in [1.29, 1.82) is 0 Å². The van der Waals surface area contributed by atoms with E-state index in [1.807, 2.05) is 23.2 Å². The van der Waals surface area contributed by atoms with Crippen molar-refractivity contribution >= 4 is 50.6 Å². The van der Waals surface area contributed by atoms with Crippen LogP contribution in [0.25, 0.3) is 10.2 Å². The number of nitrogens with one attached hydrogen (secondary N) is 1. The molecule has 9 heteroatoms.